The summed E-state index contributed by atoms with van der Waals surface area (Å²) in [5, 5.41) is 12.5. The zero-order valence-electron chi connectivity index (χ0n) is 17.7. The van der Waals surface area contributed by atoms with E-state index in [2.05, 4.69) is 25.0 Å². The normalized spacial score (nSPS) is 15.6. The van der Waals surface area contributed by atoms with Crippen LogP contribution < -0.4 is 14.8 Å². The SMILES string of the molecule is O=C(CSc1nnc(CN2CCCC2)n1-c1ccccc1)Nc1ccc2c(c1)OCCO2. The number of ether oxygens (including phenoxy) is 2. The van der Waals surface area contributed by atoms with E-state index in [0.717, 1.165) is 31.1 Å². The Hall–Kier alpha value is -3.04. The largest absolute Gasteiger partial charge is 0.486 e. The first-order valence-electron chi connectivity index (χ1n) is 10.8. The van der Waals surface area contributed by atoms with Crippen molar-refractivity contribution in [1.82, 2.24) is 19.7 Å². The summed E-state index contributed by atoms with van der Waals surface area (Å²) in [4.78, 5) is 15.0. The van der Waals surface area contributed by atoms with Crippen LogP contribution in [0.5, 0.6) is 11.5 Å². The highest BCUT2D eigenvalue weighted by atomic mass is 32.2. The Labute approximate surface area is 190 Å². The van der Waals surface area contributed by atoms with Gasteiger partial charge in [-0.25, -0.2) is 0 Å². The second-order valence-electron chi connectivity index (χ2n) is 7.75. The Bertz CT molecular complexity index is 1080. The summed E-state index contributed by atoms with van der Waals surface area (Å²) in [7, 11) is 0. The van der Waals surface area contributed by atoms with Crippen LogP contribution in [0.4, 0.5) is 5.69 Å². The fourth-order valence-electron chi connectivity index (χ4n) is 3.92. The fourth-order valence-corrected chi connectivity index (χ4v) is 4.69. The lowest BCUT2D eigenvalue weighted by atomic mass is 10.2. The molecular formula is C23H25N5O3S. The van der Waals surface area contributed by atoms with Crippen molar-refractivity contribution in [3.8, 4) is 17.2 Å². The average molecular weight is 452 g/mol. The second-order valence-corrected chi connectivity index (χ2v) is 8.69. The summed E-state index contributed by atoms with van der Waals surface area (Å²) in [6, 6.07) is 15.5. The molecule has 5 rings (SSSR count). The Balaban J connectivity index is 1.28. The highest BCUT2D eigenvalue weighted by Gasteiger charge is 2.20. The van der Waals surface area contributed by atoms with Gasteiger partial charge in [0.05, 0.1) is 12.3 Å². The molecule has 0 unspecified atom stereocenters. The van der Waals surface area contributed by atoms with Crippen LogP contribution in [0, 0.1) is 0 Å². The third kappa shape index (κ3) is 4.73. The molecule has 1 saturated heterocycles. The Kier molecular flexibility index (Phi) is 6.27. The maximum absolute atomic E-state index is 12.6. The molecule has 0 atom stereocenters. The van der Waals surface area contributed by atoms with Gasteiger partial charge in [-0.15, -0.1) is 10.2 Å². The Morgan fingerprint density at radius 2 is 1.78 bits per heavy atom. The maximum Gasteiger partial charge on any atom is 0.234 e. The molecule has 1 fully saturated rings. The van der Waals surface area contributed by atoms with E-state index in [1.54, 1.807) is 6.07 Å². The Morgan fingerprint density at radius 1 is 1.00 bits per heavy atom. The van der Waals surface area contributed by atoms with Crippen molar-refractivity contribution in [3.63, 3.8) is 0 Å². The van der Waals surface area contributed by atoms with Crippen LogP contribution in [0.15, 0.2) is 53.7 Å². The minimum atomic E-state index is -0.115. The lowest BCUT2D eigenvalue weighted by molar-refractivity contribution is -0.113. The first-order chi connectivity index (χ1) is 15.8. The van der Waals surface area contributed by atoms with E-state index in [9.17, 15) is 4.79 Å². The standard InChI is InChI=1S/C23H25N5O3S/c29-22(24-17-8-9-19-20(14-17)31-13-12-30-19)16-32-23-26-25-21(15-27-10-4-5-11-27)28(23)18-6-2-1-3-7-18/h1-3,6-9,14H,4-5,10-13,15-16H2,(H,24,29). The van der Waals surface area contributed by atoms with Gasteiger partial charge in [-0.05, 0) is 50.2 Å². The third-order valence-corrected chi connectivity index (χ3v) is 6.37. The van der Waals surface area contributed by atoms with Crippen LogP contribution in [-0.4, -0.2) is 57.6 Å². The van der Waals surface area contributed by atoms with Crippen molar-refractivity contribution in [2.75, 3.05) is 37.4 Å². The predicted octanol–water partition coefficient (Wildman–Crippen LogP) is 3.37. The summed E-state index contributed by atoms with van der Waals surface area (Å²) in [6.45, 7) is 3.97. The molecule has 3 aromatic rings. The summed E-state index contributed by atoms with van der Waals surface area (Å²) in [6.07, 6.45) is 2.45. The number of likely N-dealkylation sites (tertiary alicyclic amines) is 1. The van der Waals surface area contributed by atoms with Gasteiger partial charge >= 0.3 is 0 Å². The van der Waals surface area contributed by atoms with Crippen LogP contribution in [0.25, 0.3) is 5.69 Å². The van der Waals surface area contributed by atoms with Crippen molar-refractivity contribution >= 4 is 23.4 Å². The van der Waals surface area contributed by atoms with E-state index in [1.807, 2.05) is 42.5 Å². The average Bonchev–Trinajstić information content (AvgIpc) is 3.48. The van der Waals surface area contributed by atoms with E-state index in [1.165, 1.54) is 24.6 Å². The molecular weight excluding hydrogens is 426 g/mol. The maximum atomic E-state index is 12.6. The van der Waals surface area contributed by atoms with Crippen LogP contribution >= 0.6 is 11.8 Å². The number of carbonyl (C=O) groups excluding carboxylic acids is 1. The monoisotopic (exact) mass is 451 g/mol. The topological polar surface area (TPSA) is 81.5 Å². The van der Waals surface area contributed by atoms with Crippen molar-refractivity contribution in [2.24, 2.45) is 0 Å². The molecule has 32 heavy (non-hydrogen) atoms. The summed E-state index contributed by atoms with van der Waals surface area (Å²) >= 11 is 1.38. The lowest BCUT2D eigenvalue weighted by Crippen LogP contribution is -2.21. The van der Waals surface area contributed by atoms with Crippen LogP contribution in [0.2, 0.25) is 0 Å². The summed E-state index contributed by atoms with van der Waals surface area (Å²) < 4.78 is 13.2. The molecule has 8 nitrogen and oxygen atoms in total. The molecule has 166 valence electrons. The van der Waals surface area contributed by atoms with Crippen molar-refractivity contribution in [1.29, 1.82) is 0 Å². The van der Waals surface area contributed by atoms with E-state index in [-0.39, 0.29) is 11.7 Å². The van der Waals surface area contributed by atoms with E-state index in [0.29, 0.717) is 35.6 Å². The van der Waals surface area contributed by atoms with E-state index < -0.39 is 0 Å². The van der Waals surface area contributed by atoms with Gasteiger partial charge in [0.2, 0.25) is 5.91 Å². The molecule has 0 saturated carbocycles. The number of thioether (sulfide) groups is 1. The van der Waals surface area contributed by atoms with E-state index >= 15 is 0 Å². The van der Waals surface area contributed by atoms with Crippen LogP contribution in [0.3, 0.4) is 0 Å². The molecule has 0 bridgehead atoms. The Morgan fingerprint density at radius 3 is 2.59 bits per heavy atom. The second kappa shape index (κ2) is 9.62. The molecule has 1 aromatic heterocycles. The first kappa shape index (κ1) is 20.8. The number of hydrogen-bond acceptors (Lipinski definition) is 7. The molecule has 3 heterocycles. The highest BCUT2D eigenvalue weighted by molar-refractivity contribution is 7.99. The molecule has 0 aliphatic carbocycles. The number of hydrogen-bond donors (Lipinski definition) is 1. The summed E-state index contributed by atoms with van der Waals surface area (Å²) in [5.41, 5.74) is 1.68. The highest BCUT2D eigenvalue weighted by Crippen LogP contribution is 2.32. The number of carbonyl (C=O) groups is 1. The molecule has 2 aromatic carbocycles. The third-order valence-electron chi connectivity index (χ3n) is 5.44. The number of fused-ring (bicyclic) bond motifs is 1. The van der Waals surface area contributed by atoms with Crippen LogP contribution in [0.1, 0.15) is 18.7 Å². The zero-order valence-corrected chi connectivity index (χ0v) is 18.5. The number of amides is 1. The van der Waals surface area contributed by atoms with Gasteiger partial charge in [0.15, 0.2) is 22.5 Å². The molecule has 2 aliphatic heterocycles. The molecule has 1 amide bonds. The number of rotatable bonds is 7. The lowest BCUT2D eigenvalue weighted by Gasteiger charge is -2.19. The van der Waals surface area contributed by atoms with Gasteiger partial charge in [0.25, 0.3) is 0 Å². The van der Waals surface area contributed by atoms with Gasteiger partial charge in [-0.1, -0.05) is 30.0 Å². The molecule has 9 heteroatoms. The van der Waals surface area contributed by atoms with Gasteiger partial charge in [0.1, 0.15) is 13.2 Å². The number of nitrogens with zero attached hydrogens (tertiary/aromatic N) is 4. The predicted molar refractivity (Wildman–Crippen MR) is 123 cm³/mol. The quantitative estimate of drug-likeness (QED) is 0.552. The van der Waals surface area contributed by atoms with Crippen molar-refractivity contribution in [3.05, 3.63) is 54.4 Å². The van der Waals surface area contributed by atoms with Crippen molar-refractivity contribution in [2.45, 2.75) is 24.5 Å². The first-order valence-corrected chi connectivity index (χ1v) is 11.8. The fraction of sp³-hybridized carbons (Fsp3) is 0.348. The number of benzene rings is 2. The molecule has 2 aliphatic rings. The number of para-hydroxylation sites is 1. The van der Waals surface area contributed by atoms with Crippen molar-refractivity contribution < 1.29 is 14.3 Å². The van der Waals surface area contributed by atoms with Gasteiger partial charge < -0.3 is 14.8 Å². The smallest absolute Gasteiger partial charge is 0.234 e. The molecule has 1 N–H and O–H groups in total. The zero-order chi connectivity index (χ0) is 21.8. The minimum absolute atomic E-state index is 0.115. The summed E-state index contributed by atoms with van der Waals surface area (Å²) in [5.74, 6) is 2.36. The van der Waals surface area contributed by atoms with E-state index in [4.69, 9.17) is 9.47 Å². The van der Waals surface area contributed by atoms with Crippen LogP contribution in [-0.2, 0) is 11.3 Å². The molecule has 0 radical (unpaired) electrons. The minimum Gasteiger partial charge on any atom is -0.486 e. The van der Waals surface area contributed by atoms with Gasteiger partial charge in [-0.2, -0.15) is 0 Å². The number of anilines is 1. The number of aromatic nitrogens is 3. The van der Waals surface area contributed by atoms with Gasteiger partial charge in [0, 0.05) is 17.4 Å². The number of nitrogens with one attached hydrogen (secondary N) is 1. The molecule has 0 spiro atoms. The van der Waals surface area contributed by atoms with Gasteiger partial charge in [-0.3, -0.25) is 14.3 Å².